The third-order valence-corrected chi connectivity index (χ3v) is 5.05. The number of carboxylic acids is 1. The Balaban J connectivity index is 3.82. The summed E-state index contributed by atoms with van der Waals surface area (Å²) in [5.74, 6) is -0.889. The van der Waals surface area contributed by atoms with E-state index < -0.39 is 5.97 Å². The minimum atomic E-state index is -0.889. The molecule has 0 rings (SSSR count). The van der Waals surface area contributed by atoms with Crippen LogP contribution in [0.1, 0.15) is 97.3 Å². The molecule has 0 heterocycles. The molecule has 0 aliphatic heterocycles. The van der Waals surface area contributed by atoms with Crippen molar-refractivity contribution in [2.75, 3.05) is 27.7 Å². The van der Waals surface area contributed by atoms with Gasteiger partial charge in [-0.1, -0.05) is 77.6 Å². The first-order valence-electron chi connectivity index (χ1n) is 11.3. The van der Waals surface area contributed by atoms with E-state index in [1.165, 1.54) is 64.2 Å². The molecule has 1 unspecified atom stereocenters. The van der Waals surface area contributed by atoms with Crippen LogP contribution in [-0.2, 0) is 4.79 Å². The lowest BCUT2D eigenvalue weighted by Crippen LogP contribution is -2.61. The molecule has 2 amide bonds. The first-order valence-corrected chi connectivity index (χ1v) is 11.3. The van der Waals surface area contributed by atoms with Crippen LogP contribution >= 0.6 is 0 Å². The number of aliphatic carboxylic acids is 1. The summed E-state index contributed by atoms with van der Waals surface area (Å²) in [7, 11) is 5.63. The summed E-state index contributed by atoms with van der Waals surface area (Å²) in [5, 5.41) is 13.6. The van der Waals surface area contributed by atoms with Gasteiger partial charge in [0.1, 0.15) is 0 Å². The fourth-order valence-electron chi connectivity index (χ4n) is 3.65. The molecule has 0 bridgehead atoms. The van der Waals surface area contributed by atoms with Crippen LogP contribution in [0.5, 0.6) is 0 Å². The molecular weight excluding hydrogens is 354 g/mol. The Morgan fingerprint density at radius 1 is 0.857 bits per heavy atom. The Hall–Kier alpha value is -1.30. The van der Waals surface area contributed by atoms with E-state index in [0.717, 1.165) is 12.8 Å². The van der Waals surface area contributed by atoms with Crippen molar-refractivity contribution in [3.05, 3.63) is 0 Å². The Bertz CT molecular complexity index is 422. The summed E-state index contributed by atoms with van der Waals surface area (Å²) in [5.41, 5.74) is 0. The van der Waals surface area contributed by atoms with Crippen LogP contribution < -0.4 is 5.32 Å². The largest absolute Gasteiger partial charge is 0.481 e. The monoisotopic (exact) mass is 400 g/mol. The third kappa shape index (κ3) is 13.8. The molecule has 0 aromatic carbocycles. The fraction of sp³-hybridized carbons (Fsp3) is 0.909. The predicted octanol–water partition coefficient (Wildman–Crippen LogP) is 5.18. The average molecular weight is 401 g/mol. The quantitative estimate of drug-likeness (QED) is 0.201. The van der Waals surface area contributed by atoms with Crippen molar-refractivity contribution in [2.45, 2.75) is 103 Å². The van der Waals surface area contributed by atoms with Crippen LogP contribution in [0.2, 0.25) is 0 Å². The molecule has 166 valence electrons. The standard InChI is InChI=1S/C22H45N3O3/c1-6-7-8-9-10-11-12-13-14-15-16-17-18-23-22(28)24(25(3,4)5)20(2)19-21(26)27/h20H,6-19H2,1-5H3,(H-,23,26,27,28)/p+1. The molecule has 0 aromatic heterocycles. The second-order valence-corrected chi connectivity index (χ2v) is 8.85. The fourth-order valence-corrected chi connectivity index (χ4v) is 3.65. The highest BCUT2D eigenvalue weighted by atomic mass is 16.4. The molecule has 2 N–H and O–H groups in total. The average Bonchev–Trinajstić information content (AvgIpc) is 2.57. The minimum Gasteiger partial charge on any atom is -0.481 e. The number of carbonyl (C=O) groups is 2. The number of quaternary nitrogens is 1. The van der Waals surface area contributed by atoms with Gasteiger partial charge < -0.3 is 10.4 Å². The van der Waals surface area contributed by atoms with Crippen molar-refractivity contribution in [1.82, 2.24) is 10.3 Å². The molecule has 0 spiro atoms. The number of hydrogen-bond donors (Lipinski definition) is 2. The van der Waals surface area contributed by atoms with Gasteiger partial charge in [-0.25, -0.2) is 9.39 Å². The molecule has 28 heavy (non-hydrogen) atoms. The smallest absolute Gasteiger partial charge is 0.361 e. The Morgan fingerprint density at radius 2 is 1.29 bits per heavy atom. The number of rotatable bonds is 17. The van der Waals surface area contributed by atoms with Gasteiger partial charge in [0, 0.05) is 6.54 Å². The van der Waals surface area contributed by atoms with E-state index in [2.05, 4.69) is 12.2 Å². The van der Waals surface area contributed by atoms with Crippen LogP contribution in [0.4, 0.5) is 4.79 Å². The first-order chi connectivity index (χ1) is 13.2. The minimum absolute atomic E-state index is 0.0540. The summed E-state index contributed by atoms with van der Waals surface area (Å²) >= 11 is 0. The normalized spacial score (nSPS) is 12.6. The summed E-state index contributed by atoms with van der Waals surface area (Å²) in [6.45, 7) is 4.68. The van der Waals surface area contributed by atoms with Crippen LogP contribution in [0.15, 0.2) is 0 Å². The highest BCUT2D eigenvalue weighted by Crippen LogP contribution is 2.13. The maximum atomic E-state index is 12.5. The lowest BCUT2D eigenvalue weighted by molar-refractivity contribution is -0.977. The van der Waals surface area contributed by atoms with Gasteiger partial charge in [-0.15, -0.1) is 0 Å². The SMILES string of the molecule is CCCCCCCCCCCCCCNC(=O)N(C(C)CC(=O)O)[N+](C)(C)C. The van der Waals surface area contributed by atoms with Gasteiger partial charge in [0.2, 0.25) is 0 Å². The van der Waals surface area contributed by atoms with E-state index >= 15 is 0 Å². The van der Waals surface area contributed by atoms with Crippen LogP contribution in [-0.4, -0.2) is 60.4 Å². The summed E-state index contributed by atoms with van der Waals surface area (Å²) < 4.78 is 0.277. The molecule has 1 atom stereocenters. The number of nitrogens with one attached hydrogen (secondary N) is 1. The number of amides is 2. The van der Waals surface area contributed by atoms with Gasteiger partial charge in [-0.05, 0) is 13.3 Å². The van der Waals surface area contributed by atoms with Gasteiger partial charge in [-0.3, -0.25) is 4.79 Å². The van der Waals surface area contributed by atoms with Crippen molar-refractivity contribution < 1.29 is 19.3 Å². The van der Waals surface area contributed by atoms with Crippen molar-refractivity contribution >= 4 is 12.0 Å². The maximum Gasteiger partial charge on any atom is 0.361 e. The summed E-state index contributed by atoms with van der Waals surface area (Å²) in [6.07, 6.45) is 15.5. The number of hydrogen-bond acceptors (Lipinski definition) is 2. The van der Waals surface area contributed by atoms with E-state index in [9.17, 15) is 9.59 Å². The molecule has 0 aromatic rings. The first kappa shape index (κ1) is 26.7. The van der Waals surface area contributed by atoms with Crippen molar-refractivity contribution in [3.63, 3.8) is 0 Å². The van der Waals surface area contributed by atoms with E-state index in [0.29, 0.717) is 6.54 Å². The van der Waals surface area contributed by atoms with Gasteiger partial charge in [-0.2, -0.15) is 5.01 Å². The van der Waals surface area contributed by atoms with E-state index in [4.69, 9.17) is 5.11 Å². The van der Waals surface area contributed by atoms with Crippen molar-refractivity contribution in [1.29, 1.82) is 0 Å². The lowest BCUT2D eigenvalue weighted by atomic mass is 10.1. The zero-order valence-corrected chi connectivity index (χ0v) is 19.1. The lowest BCUT2D eigenvalue weighted by Gasteiger charge is -2.39. The molecule has 0 radical (unpaired) electrons. The molecular formula is C22H46N3O3+. The van der Waals surface area contributed by atoms with Crippen LogP contribution in [0.25, 0.3) is 0 Å². The number of carboxylic acid groups (broad SMARTS) is 1. The maximum absolute atomic E-state index is 12.5. The molecule has 0 fully saturated rings. The molecule has 0 aliphatic carbocycles. The predicted molar refractivity (Wildman–Crippen MR) is 116 cm³/mol. The van der Waals surface area contributed by atoms with E-state index in [1.807, 2.05) is 21.1 Å². The van der Waals surface area contributed by atoms with Gasteiger partial charge in [0.15, 0.2) is 0 Å². The highest BCUT2D eigenvalue weighted by molar-refractivity contribution is 5.74. The molecule has 6 heteroatoms. The molecule has 6 nitrogen and oxygen atoms in total. The van der Waals surface area contributed by atoms with Crippen molar-refractivity contribution in [2.24, 2.45) is 0 Å². The van der Waals surface area contributed by atoms with Crippen LogP contribution in [0.3, 0.4) is 0 Å². The van der Waals surface area contributed by atoms with Gasteiger partial charge >= 0.3 is 12.0 Å². The molecule has 0 saturated heterocycles. The Morgan fingerprint density at radius 3 is 1.68 bits per heavy atom. The Kier molecular flexibility index (Phi) is 14.9. The number of urea groups is 1. The number of carbonyl (C=O) groups excluding carboxylic acids is 1. The second kappa shape index (κ2) is 15.6. The zero-order chi connectivity index (χ0) is 21.4. The Labute approximate surface area is 173 Å². The van der Waals surface area contributed by atoms with Crippen LogP contribution in [0, 0.1) is 0 Å². The van der Waals surface area contributed by atoms with E-state index in [-0.39, 0.29) is 23.1 Å². The second-order valence-electron chi connectivity index (χ2n) is 8.85. The highest BCUT2D eigenvalue weighted by Gasteiger charge is 2.33. The van der Waals surface area contributed by atoms with Gasteiger partial charge in [0.05, 0.1) is 33.6 Å². The number of nitrogens with zero attached hydrogens (tertiary/aromatic N) is 2. The van der Waals surface area contributed by atoms with E-state index in [1.54, 1.807) is 11.9 Å². The number of unbranched alkanes of at least 4 members (excludes halogenated alkanes) is 11. The zero-order valence-electron chi connectivity index (χ0n) is 19.1. The molecule has 0 aliphatic rings. The topological polar surface area (TPSA) is 69.6 Å². The summed E-state index contributed by atoms with van der Waals surface area (Å²) in [4.78, 5) is 23.5. The third-order valence-electron chi connectivity index (χ3n) is 5.05. The summed E-state index contributed by atoms with van der Waals surface area (Å²) in [6, 6.07) is -0.552. The van der Waals surface area contributed by atoms with Gasteiger partial charge in [0.25, 0.3) is 0 Å². The molecule has 0 saturated carbocycles. The van der Waals surface area contributed by atoms with Crippen molar-refractivity contribution in [3.8, 4) is 0 Å².